The minimum Gasteiger partial charge on any atom is -0.493 e. The average Bonchev–Trinajstić information content (AvgIpc) is 3.23. The SMILES string of the molecule is COc1ccc(C=C2CCCC3C2=NNC3c2ccc(OC)c(OC)c2)cc1OC. The number of hydrogen-bond donors (Lipinski definition) is 1. The fourth-order valence-corrected chi connectivity index (χ4v) is 4.37. The number of nitrogens with zero attached hydrogens (tertiary/aromatic N) is 1. The van der Waals surface area contributed by atoms with Gasteiger partial charge in [0.15, 0.2) is 23.0 Å². The highest BCUT2D eigenvalue weighted by Crippen LogP contribution is 2.41. The lowest BCUT2D eigenvalue weighted by Crippen LogP contribution is -2.25. The Labute approximate surface area is 177 Å². The number of ether oxygens (including phenoxy) is 4. The fourth-order valence-electron chi connectivity index (χ4n) is 4.37. The highest BCUT2D eigenvalue weighted by Gasteiger charge is 2.37. The van der Waals surface area contributed by atoms with E-state index in [1.807, 2.05) is 30.3 Å². The van der Waals surface area contributed by atoms with Gasteiger partial charge in [0.25, 0.3) is 0 Å². The quantitative estimate of drug-likeness (QED) is 0.757. The Morgan fingerprint density at radius 3 is 2.23 bits per heavy atom. The Hall–Kier alpha value is -3.15. The summed E-state index contributed by atoms with van der Waals surface area (Å²) >= 11 is 0. The molecular formula is C24H28N2O4. The van der Waals surface area contributed by atoms with Crippen LogP contribution in [0.15, 0.2) is 47.1 Å². The number of benzene rings is 2. The number of hydrogen-bond acceptors (Lipinski definition) is 6. The molecule has 2 aromatic rings. The number of allylic oxidation sites excluding steroid dienone is 1. The van der Waals surface area contributed by atoms with Crippen LogP contribution in [0.1, 0.15) is 36.4 Å². The average molecular weight is 408 g/mol. The van der Waals surface area contributed by atoms with E-state index < -0.39 is 0 Å². The second-order valence-electron chi connectivity index (χ2n) is 7.50. The maximum Gasteiger partial charge on any atom is 0.161 e. The first-order valence-corrected chi connectivity index (χ1v) is 10.2. The maximum absolute atomic E-state index is 5.49. The molecule has 0 aromatic heterocycles. The molecule has 1 aliphatic heterocycles. The highest BCUT2D eigenvalue weighted by atomic mass is 16.5. The normalized spacial score (nSPS) is 21.5. The van der Waals surface area contributed by atoms with E-state index in [2.05, 4.69) is 17.6 Å². The fraction of sp³-hybridized carbons (Fsp3) is 0.375. The molecule has 30 heavy (non-hydrogen) atoms. The summed E-state index contributed by atoms with van der Waals surface area (Å²) in [6.45, 7) is 0. The largest absolute Gasteiger partial charge is 0.493 e. The number of hydrazone groups is 1. The van der Waals surface area contributed by atoms with Crippen LogP contribution in [0.4, 0.5) is 0 Å². The van der Waals surface area contributed by atoms with Gasteiger partial charge in [-0.15, -0.1) is 0 Å². The third kappa shape index (κ3) is 3.70. The van der Waals surface area contributed by atoms with Gasteiger partial charge < -0.3 is 24.4 Å². The summed E-state index contributed by atoms with van der Waals surface area (Å²) in [5.41, 5.74) is 8.03. The zero-order valence-corrected chi connectivity index (χ0v) is 17.9. The zero-order valence-electron chi connectivity index (χ0n) is 17.9. The van der Waals surface area contributed by atoms with Crippen molar-refractivity contribution in [2.75, 3.05) is 28.4 Å². The monoisotopic (exact) mass is 408 g/mol. The Kier molecular flexibility index (Phi) is 5.84. The van der Waals surface area contributed by atoms with Gasteiger partial charge >= 0.3 is 0 Å². The van der Waals surface area contributed by atoms with Crippen LogP contribution in [0.5, 0.6) is 23.0 Å². The molecule has 0 radical (unpaired) electrons. The first-order valence-electron chi connectivity index (χ1n) is 10.2. The molecule has 1 heterocycles. The van der Waals surface area contributed by atoms with Crippen LogP contribution in [-0.4, -0.2) is 34.2 Å². The van der Waals surface area contributed by atoms with E-state index in [1.54, 1.807) is 28.4 Å². The van der Waals surface area contributed by atoms with Gasteiger partial charge in [-0.2, -0.15) is 5.10 Å². The molecular weight excluding hydrogens is 380 g/mol. The highest BCUT2D eigenvalue weighted by molar-refractivity contribution is 6.07. The molecule has 1 N–H and O–H groups in total. The second kappa shape index (κ2) is 8.69. The summed E-state index contributed by atoms with van der Waals surface area (Å²) in [4.78, 5) is 0. The lowest BCUT2D eigenvalue weighted by Gasteiger charge is -2.26. The van der Waals surface area contributed by atoms with Crippen molar-refractivity contribution >= 4 is 11.8 Å². The molecule has 0 bridgehead atoms. The Balaban J connectivity index is 1.60. The van der Waals surface area contributed by atoms with Crippen molar-refractivity contribution in [2.24, 2.45) is 11.0 Å². The van der Waals surface area contributed by atoms with Crippen LogP contribution in [0.3, 0.4) is 0 Å². The van der Waals surface area contributed by atoms with Gasteiger partial charge in [-0.1, -0.05) is 12.1 Å². The standard InChI is InChI=1S/C24H28N2O4/c1-27-19-10-8-15(13-21(19)29-3)12-16-6-5-7-18-23(16)25-26-24(18)17-9-11-20(28-2)22(14-17)30-4/h8-14,18,24,26H,5-7H2,1-4H3. The molecule has 1 saturated carbocycles. The van der Waals surface area contributed by atoms with E-state index in [4.69, 9.17) is 24.0 Å². The molecule has 1 aliphatic carbocycles. The van der Waals surface area contributed by atoms with Crippen molar-refractivity contribution < 1.29 is 18.9 Å². The maximum atomic E-state index is 5.49. The van der Waals surface area contributed by atoms with Crippen LogP contribution < -0.4 is 24.4 Å². The summed E-state index contributed by atoms with van der Waals surface area (Å²) in [7, 11) is 6.62. The molecule has 6 nitrogen and oxygen atoms in total. The van der Waals surface area contributed by atoms with E-state index in [0.717, 1.165) is 59.1 Å². The van der Waals surface area contributed by atoms with Crippen molar-refractivity contribution in [1.82, 2.24) is 5.43 Å². The van der Waals surface area contributed by atoms with Crippen molar-refractivity contribution in [3.8, 4) is 23.0 Å². The predicted octanol–water partition coefficient (Wildman–Crippen LogP) is 4.61. The first kappa shape index (κ1) is 20.1. The van der Waals surface area contributed by atoms with Gasteiger partial charge in [0.2, 0.25) is 0 Å². The molecule has 0 amide bonds. The summed E-state index contributed by atoms with van der Waals surface area (Å²) < 4.78 is 21.7. The smallest absolute Gasteiger partial charge is 0.161 e. The molecule has 2 aliphatic rings. The van der Waals surface area contributed by atoms with Gasteiger partial charge in [-0.3, -0.25) is 0 Å². The number of nitrogens with one attached hydrogen (secondary N) is 1. The molecule has 2 unspecified atom stereocenters. The first-order chi connectivity index (χ1) is 14.7. The molecule has 0 saturated heterocycles. The van der Waals surface area contributed by atoms with E-state index in [0.29, 0.717) is 5.92 Å². The van der Waals surface area contributed by atoms with Crippen LogP contribution >= 0.6 is 0 Å². The Bertz CT molecular complexity index is 983. The van der Waals surface area contributed by atoms with Gasteiger partial charge in [0.1, 0.15) is 0 Å². The minimum atomic E-state index is 0.133. The lowest BCUT2D eigenvalue weighted by atomic mass is 9.78. The predicted molar refractivity (Wildman–Crippen MR) is 118 cm³/mol. The van der Waals surface area contributed by atoms with E-state index in [9.17, 15) is 0 Å². The summed E-state index contributed by atoms with van der Waals surface area (Å²) in [6, 6.07) is 12.2. The van der Waals surface area contributed by atoms with Gasteiger partial charge in [-0.05, 0) is 66.3 Å². The van der Waals surface area contributed by atoms with Crippen LogP contribution in [0, 0.1) is 5.92 Å². The van der Waals surface area contributed by atoms with E-state index in [1.165, 1.54) is 5.57 Å². The molecule has 4 rings (SSSR count). The third-order valence-electron chi connectivity index (χ3n) is 5.88. The summed E-state index contributed by atoms with van der Waals surface area (Å²) in [5, 5.41) is 4.74. The van der Waals surface area contributed by atoms with E-state index in [-0.39, 0.29) is 6.04 Å². The Morgan fingerprint density at radius 1 is 0.867 bits per heavy atom. The summed E-state index contributed by atoms with van der Waals surface area (Å²) in [6.07, 6.45) is 5.47. The third-order valence-corrected chi connectivity index (χ3v) is 5.88. The molecule has 1 fully saturated rings. The van der Waals surface area contributed by atoms with Crippen molar-refractivity contribution in [3.63, 3.8) is 0 Å². The lowest BCUT2D eigenvalue weighted by molar-refractivity contribution is 0.353. The Morgan fingerprint density at radius 2 is 1.53 bits per heavy atom. The van der Waals surface area contributed by atoms with Gasteiger partial charge in [0.05, 0.1) is 40.2 Å². The van der Waals surface area contributed by atoms with Crippen LogP contribution in [0.2, 0.25) is 0 Å². The molecule has 158 valence electrons. The molecule has 6 heteroatoms. The number of fused-ring (bicyclic) bond motifs is 1. The number of methoxy groups -OCH3 is 4. The summed E-state index contributed by atoms with van der Waals surface area (Å²) in [5.74, 6) is 3.27. The molecule has 0 spiro atoms. The van der Waals surface area contributed by atoms with E-state index >= 15 is 0 Å². The zero-order chi connectivity index (χ0) is 21.1. The van der Waals surface area contributed by atoms with Crippen molar-refractivity contribution in [1.29, 1.82) is 0 Å². The van der Waals surface area contributed by atoms with Crippen molar-refractivity contribution in [3.05, 3.63) is 53.1 Å². The minimum absolute atomic E-state index is 0.133. The van der Waals surface area contributed by atoms with Gasteiger partial charge in [-0.25, -0.2) is 0 Å². The van der Waals surface area contributed by atoms with Gasteiger partial charge in [0, 0.05) is 5.92 Å². The van der Waals surface area contributed by atoms with Crippen molar-refractivity contribution in [2.45, 2.75) is 25.3 Å². The molecule has 2 atom stereocenters. The number of rotatable bonds is 6. The topological polar surface area (TPSA) is 61.3 Å². The van der Waals surface area contributed by atoms with Crippen LogP contribution in [0.25, 0.3) is 6.08 Å². The second-order valence-corrected chi connectivity index (χ2v) is 7.50. The molecule has 2 aromatic carbocycles. The van der Waals surface area contributed by atoms with Crippen LogP contribution in [-0.2, 0) is 0 Å².